The second-order valence-electron chi connectivity index (χ2n) is 6.35. The van der Waals surface area contributed by atoms with Gasteiger partial charge in [0.2, 0.25) is 0 Å². The summed E-state index contributed by atoms with van der Waals surface area (Å²) in [4.78, 5) is 12.0. The van der Waals surface area contributed by atoms with Gasteiger partial charge in [0.05, 0.1) is 12.1 Å². The van der Waals surface area contributed by atoms with Gasteiger partial charge >= 0.3 is 0 Å². The summed E-state index contributed by atoms with van der Waals surface area (Å²) in [5.41, 5.74) is -0.0000826. The van der Waals surface area contributed by atoms with Gasteiger partial charge in [-0.25, -0.2) is 9.98 Å². The average molecular weight is 277 g/mol. The maximum atomic E-state index is 4.86. The summed E-state index contributed by atoms with van der Waals surface area (Å²) in [6.45, 7) is 6.64. The van der Waals surface area contributed by atoms with Crippen molar-refractivity contribution in [2.24, 2.45) is 9.98 Å². The molecule has 0 saturated heterocycles. The maximum absolute atomic E-state index is 4.86. The Morgan fingerprint density at radius 3 is 2.15 bits per heavy atom. The first kappa shape index (κ1) is 15.7. The molecule has 0 aliphatic heterocycles. The van der Waals surface area contributed by atoms with Crippen LogP contribution in [0.2, 0.25) is 0 Å². The first-order chi connectivity index (χ1) is 9.80. The van der Waals surface area contributed by atoms with Crippen LogP contribution in [0, 0.1) is 0 Å². The van der Waals surface area contributed by atoms with Crippen molar-refractivity contribution in [3.8, 4) is 0 Å². The van der Waals surface area contributed by atoms with E-state index in [0.717, 1.165) is 13.1 Å². The van der Waals surface area contributed by atoms with Crippen LogP contribution in [-0.2, 0) is 0 Å². The Hall–Kier alpha value is -0.660. The Bertz CT molecular complexity index is 328. The van der Waals surface area contributed by atoms with Gasteiger partial charge in [0.1, 0.15) is 5.66 Å². The van der Waals surface area contributed by atoms with E-state index in [1.165, 1.54) is 64.2 Å². The summed E-state index contributed by atoms with van der Waals surface area (Å²) >= 11 is 0. The highest BCUT2D eigenvalue weighted by Crippen LogP contribution is 2.34. The van der Waals surface area contributed by atoms with Gasteiger partial charge in [-0.1, -0.05) is 39.5 Å². The van der Waals surface area contributed by atoms with Crippen molar-refractivity contribution in [1.82, 2.24) is 4.90 Å². The van der Waals surface area contributed by atoms with E-state index in [9.17, 15) is 0 Å². The molecule has 2 aliphatic rings. The van der Waals surface area contributed by atoms with Crippen LogP contribution in [0.5, 0.6) is 0 Å². The molecule has 2 aliphatic carbocycles. The van der Waals surface area contributed by atoms with Crippen molar-refractivity contribution in [2.45, 2.75) is 89.8 Å². The van der Waals surface area contributed by atoms with Crippen LogP contribution < -0.4 is 0 Å². The molecule has 0 bridgehead atoms. The van der Waals surface area contributed by atoms with E-state index >= 15 is 0 Å². The van der Waals surface area contributed by atoms with Crippen molar-refractivity contribution in [1.29, 1.82) is 0 Å². The minimum absolute atomic E-state index is 0.0000826. The van der Waals surface area contributed by atoms with E-state index < -0.39 is 0 Å². The Kier molecular flexibility index (Phi) is 6.25. The van der Waals surface area contributed by atoms with Crippen molar-refractivity contribution in [3.05, 3.63) is 0 Å². The van der Waals surface area contributed by atoms with Gasteiger partial charge in [0.25, 0.3) is 0 Å². The van der Waals surface area contributed by atoms with Crippen molar-refractivity contribution in [3.63, 3.8) is 0 Å². The minimum atomic E-state index is -0.0000826. The lowest BCUT2D eigenvalue weighted by Gasteiger charge is -2.41. The van der Waals surface area contributed by atoms with E-state index in [-0.39, 0.29) is 5.66 Å². The van der Waals surface area contributed by atoms with Gasteiger partial charge < -0.3 is 0 Å². The lowest BCUT2D eigenvalue weighted by Crippen LogP contribution is -2.48. The number of nitrogens with zero attached hydrogens (tertiary/aromatic N) is 3. The molecule has 0 aromatic rings. The summed E-state index contributed by atoms with van der Waals surface area (Å²) < 4.78 is 0. The molecule has 2 fully saturated rings. The number of hydrogen-bond donors (Lipinski definition) is 0. The smallest absolute Gasteiger partial charge is 0.124 e. The second kappa shape index (κ2) is 7.95. The average Bonchev–Trinajstić information content (AvgIpc) is 2.50. The standard InChI is InChI=1S/C17H31N3/c1-3-20(4-2)17(13-9-6-10-14-17)19-15-18-16-11-7-5-8-12-16/h16H,3-14H2,1-2H3. The Balaban J connectivity index is 2.07. The van der Waals surface area contributed by atoms with Crippen LogP contribution in [0.1, 0.15) is 78.1 Å². The molecule has 0 aromatic carbocycles. The van der Waals surface area contributed by atoms with Gasteiger partial charge in [-0.15, -0.1) is 0 Å². The third-order valence-electron chi connectivity index (χ3n) is 5.08. The largest absolute Gasteiger partial charge is 0.279 e. The number of rotatable bonds is 5. The normalized spacial score (nSPS) is 23.4. The van der Waals surface area contributed by atoms with E-state index in [2.05, 4.69) is 29.7 Å². The van der Waals surface area contributed by atoms with Gasteiger partial charge in [-0.05, 0) is 51.6 Å². The molecule has 114 valence electrons. The van der Waals surface area contributed by atoms with Gasteiger partial charge in [0.15, 0.2) is 0 Å². The Morgan fingerprint density at radius 1 is 0.950 bits per heavy atom. The number of aliphatic imine (C=N–C) groups is 2. The van der Waals surface area contributed by atoms with Crippen molar-refractivity contribution in [2.75, 3.05) is 13.1 Å². The molecule has 0 heterocycles. The minimum Gasteiger partial charge on any atom is -0.279 e. The molecule has 2 saturated carbocycles. The van der Waals surface area contributed by atoms with Crippen LogP contribution in [0.25, 0.3) is 0 Å². The van der Waals surface area contributed by atoms with E-state index in [4.69, 9.17) is 4.99 Å². The monoisotopic (exact) mass is 277 g/mol. The fourth-order valence-electron chi connectivity index (χ4n) is 3.84. The molecular formula is C17H31N3. The second-order valence-corrected chi connectivity index (χ2v) is 6.35. The zero-order valence-corrected chi connectivity index (χ0v) is 13.4. The third-order valence-corrected chi connectivity index (χ3v) is 5.08. The lowest BCUT2D eigenvalue weighted by molar-refractivity contribution is 0.0683. The summed E-state index contributed by atoms with van der Waals surface area (Å²) in [5.74, 6) is 0. The summed E-state index contributed by atoms with van der Waals surface area (Å²) in [6, 6.07) is 3.61. The zero-order valence-electron chi connectivity index (χ0n) is 13.4. The molecule has 0 N–H and O–H groups in total. The van der Waals surface area contributed by atoms with Crippen molar-refractivity contribution >= 4 is 6.01 Å². The molecule has 0 amide bonds. The maximum Gasteiger partial charge on any atom is 0.124 e. The van der Waals surface area contributed by atoms with E-state index in [1.807, 2.05) is 0 Å². The fourth-order valence-corrected chi connectivity index (χ4v) is 3.84. The Labute approximate surface area is 124 Å². The highest BCUT2D eigenvalue weighted by atomic mass is 15.3. The van der Waals surface area contributed by atoms with Gasteiger partial charge in [-0.2, -0.15) is 0 Å². The summed E-state index contributed by atoms with van der Waals surface area (Å²) in [5, 5.41) is 0. The highest BCUT2D eigenvalue weighted by molar-refractivity contribution is 5.43. The molecule has 0 atom stereocenters. The first-order valence-electron chi connectivity index (χ1n) is 8.72. The van der Waals surface area contributed by atoms with Crippen molar-refractivity contribution < 1.29 is 0 Å². The molecule has 2 rings (SSSR count). The van der Waals surface area contributed by atoms with E-state index in [0.29, 0.717) is 6.04 Å². The quantitative estimate of drug-likeness (QED) is 0.680. The predicted molar refractivity (Wildman–Crippen MR) is 85.5 cm³/mol. The first-order valence-corrected chi connectivity index (χ1v) is 8.72. The summed E-state index contributed by atoms with van der Waals surface area (Å²) in [6.07, 6.45) is 12.8. The fraction of sp³-hybridized carbons (Fsp3) is 0.941. The van der Waals surface area contributed by atoms with Crippen LogP contribution >= 0.6 is 0 Å². The molecule has 20 heavy (non-hydrogen) atoms. The molecule has 0 radical (unpaired) electrons. The zero-order chi connectivity index (χ0) is 14.3. The van der Waals surface area contributed by atoms with Gasteiger partial charge in [0, 0.05) is 0 Å². The summed E-state index contributed by atoms with van der Waals surface area (Å²) in [7, 11) is 0. The van der Waals surface area contributed by atoms with Crippen LogP contribution in [0.15, 0.2) is 9.98 Å². The molecule has 0 aromatic heterocycles. The molecule has 3 nitrogen and oxygen atoms in total. The SMILES string of the molecule is CCN(CC)C1(N=C=NC2CCCCC2)CCCCC1. The highest BCUT2D eigenvalue weighted by Gasteiger charge is 2.36. The third kappa shape index (κ3) is 3.93. The topological polar surface area (TPSA) is 28.0 Å². The molecule has 0 unspecified atom stereocenters. The van der Waals surface area contributed by atoms with Crippen LogP contribution in [0.4, 0.5) is 0 Å². The van der Waals surface area contributed by atoms with Crippen LogP contribution in [0.3, 0.4) is 0 Å². The molecular weight excluding hydrogens is 246 g/mol. The number of hydrogen-bond acceptors (Lipinski definition) is 3. The van der Waals surface area contributed by atoms with Gasteiger partial charge in [-0.3, -0.25) is 4.90 Å². The molecule has 0 spiro atoms. The lowest BCUT2D eigenvalue weighted by atomic mass is 9.88. The van der Waals surface area contributed by atoms with Crippen LogP contribution in [-0.4, -0.2) is 35.7 Å². The van der Waals surface area contributed by atoms with E-state index in [1.54, 1.807) is 0 Å². The predicted octanol–water partition coefficient (Wildman–Crippen LogP) is 4.50. The Morgan fingerprint density at radius 2 is 1.55 bits per heavy atom. The molecule has 3 heteroatoms.